The van der Waals surface area contributed by atoms with E-state index in [9.17, 15) is 9.59 Å². The average molecular weight is 306 g/mol. The van der Waals surface area contributed by atoms with Crippen LogP contribution in [0.2, 0.25) is 0 Å². The number of amides is 1. The van der Waals surface area contributed by atoms with Crippen molar-refractivity contribution in [2.24, 2.45) is 0 Å². The molecule has 0 saturated heterocycles. The Morgan fingerprint density at radius 3 is 2.76 bits per heavy atom. The molecule has 1 amide bonds. The van der Waals surface area contributed by atoms with Crippen LogP contribution in [0.5, 0.6) is 0 Å². The van der Waals surface area contributed by atoms with E-state index in [0.717, 1.165) is 10.1 Å². The summed E-state index contributed by atoms with van der Waals surface area (Å²) in [5, 5.41) is 0.940. The summed E-state index contributed by atoms with van der Waals surface area (Å²) in [5.41, 5.74) is 6.38. The van der Waals surface area contributed by atoms with E-state index in [0.29, 0.717) is 23.4 Å². The van der Waals surface area contributed by atoms with Crippen LogP contribution in [-0.2, 0) is 9.53 Å². The predicted molar refractivity (Wildman–Crippen MR) is 84.4 cm³/mol. The second-order valence-electron chi connectivity index (χ2n) is 4.94. The quantitative estimate of drug-likeness (QED) is 0.523. The molecule has 0 fully saturated rings. The fourth-order valence-electron chi connectivity index (χ4n) is 1.85. The monoisotopic (exact) mass is 306 g/mol. The van der Waals surface area contributed by atoms with E-state index in [-0.39, 0.29) is 18.5 Å². The molecule has 0 bridgehead atoms. The summed E-state index contributed by atoms with van der Waals surface area (Å²) in [4.78, 5) is 25.4. The molecule has 0 atom stereocenters. The Morgan fingerprint density at radius 2 is 2.05 bits per heavy atom. The van der Waals surface area contributed by atoms with E-state index in [1.54, 1.807) is 26.2 Å². The standard InChI is InChI=1S/C15H18N2O3S/c1-17(2)14(18)4-3-7-20-15(19)13-9-10-8-11(16)5-6-12(10)21-13/h5-6,8-9H,3-4,7,16H2,1-2H3. The van der Waals surface area contributed by atoms with Crippen molar-refractivity contribution in [3.63, 3.8) is 0 Å². The van der Waals surface area contributed by atoms with Crippen LogP contribution in [0.3, 0.4) is 0 Å². The van der Waals surface area contributed by atoms with Gasteiger partial charge < -0.3 is 15.4 Å². The number of nitrogens with two attached hydrogens (primary N) is 1. The first kappa shape index (κ1) is 15.3. The largest absolute Gasteiger partial charge is 0.461 e. The molecule has 2 N–H and O–H groups in total. The highest BCUT2D eigenvalue weighted by Crippen LogP contribution is 2.27. The van der Waals surface area contributed by atoms with Crippen LogP contribution in [-0.4, -0.2) is 37.5 Å². The van der Waals surface area contributed by atoms with Gasteiger partial charge in [-0.2, -0.15) is 0 Å². The normalized spacial score (nSPS) is 10.6. The van der Waals surface area contributed by atoms with Crippen molar-refractivity contribution in [3.8, 4) is 0 Å². The van der Waals surface area contributed by atoms with Crippen LogP contribution in [0.15, 0.2) is 24.3 Å². The third-order valence-electron chi connectivity index (χ3n) is 3.01. The molecule has 1 aromatic carbocycles. The number of benzene rings is 1. The van der Waals surface area contributed by atoms with E-state index < -0.39 is 0 Å². The number of anilines is 1. The zero-order valence-electron chi connectivity index (χ0n) is 12.1. The summed E-state index contributed by atoms with van der Waals surface area (Å²) in [5.74, 6) is -0.324. The van der Waals surface area contributed by atoms with Gasteiger partial charge in [0.1, 0.15) is 4.88 Å². The molecule has 2 rings (SSSR count). The molecule has 0 radical (unpaired) electrons. The maximum Gasteiger partial charge on any atom is 0.348 e. The molecule has 6 heteroatoms. The van der Waals surface area contributed by atoms with Gasteiger partial charge in [0.15, 0.2) is 0 Å². The van der Waals surface area contributed by atoms with E-state index in [1.807, 2.05) is 12.1 Å². The predicted octanol–water partition coefficient (Wildman–Crippen LogP) is 2.51. The minimum absolute atomic E-state index is 0.0309. The van der Waals surface area contributed by atoms with Gasteiger partial charge in [-0.25, -0.2) is 4.79 Å². The van der Waals surface area contributed by atoms with Crippen molar-refractivity contribution in [1.82, 2.24) is 4.90 Å². The van der Waals surface area contributed by atoms with Crippen LogP contribution in [0.25, 0.3) is 10.1 Å². The minimum atomic E-state index is -0.355. The number of ether oxygens (including phenoxy) is 1. The number of carbonyl (C=O) groups excluding carboxylic acids is 2. The third-order valence-corrected chi connectivity index (χ3v) is 4.10. The first-order valence-electron chi connectivity index (χ1n) is 6.63. The van der Waals surface area contributed by atoms with Crippen molar-refractivity contribution in [2.45, 2.75) is 12.8 Å². The first-order chi connectivity index (χ1) is 9.97. The van der Waals surface area contributed by atoms with Crippen molar-refractivity contribution in [1.29, 1.82) is 0 Å². The van der Waals surface area contributed by atoms with Gasteiger partial charge in [-0.3, -0.25) is 4.79 Å². The second kappa shape index (κ2) is 6.58. The maximum atomic E-state index is 11.9. The van der Waals surface area contributed by atoms with Gasteiger partial charge in [0, 0.05) is 30.9 Å². The number of nitrogen functional groups attached to an aromatic ring is 1. The molecule has 5 nitrogen and oxygen atoms in total. The van der Waals surface area contributed by atoms with E-state index >= 15 is 0 Å². The van der Waals surface area contributed by atoms with Crippen LogP contribution < -0.4 is 5.73 Å². The van der Waals surface area contributed by atoms with Crippen LogP contribution in [0.4, 0.5) is 5.69 Å². The fraction of sp³-hybridized carbons (Fsp3) is 0.333. The molecule has 0 aliphatic carbocycles. The Kier molecular flexibility index (Phi) is 4.80. The summed E-state index contributed by atoms with van der Waals surface area (Å²) in [6.45, 7) is 0.245. The number of esters is 1. The SMILES string of the molecule is CN(C)C(=O)CCCOC(=O)c1cc2cc(N)ccc2s1. The molecule has 112 valence electrons. The van der Waals surface area contributed by atoms with E-state index in [1.165, 1.54) is 16.2 Å². The molecule has 1 aromatic heterocycles. The Labute approximate surface area is 127 Å². The summed E-state index contributed by atoms with van der Waals surface area (Å²) in [6.07, 6.45) is 0.907. The van der Waals surface area contributed by atoms with Crippen molar-refractivity contribution in [2.75, 3.05) is 26.4 Å². The van der Waals surface area contributed by atoms with Crippen LogP contribution in [0, 0.1) is 0 Å². The number of hydrogen-bond donors (Lipinski definition) is 1. The van der Waals surface area contributed by atoms with Gasteiger partial charge in [-0.15, -0.1) is 11.3 Å². The number of rotatable bonds is 5. The second-order valence-corrected chi connectivity index (χ2v) is 6.02. The van der Waals surface area contributed by atoms with Crippen molar-refractivity contribution >= 4 is 39.0 Å². The summed E-state index contributed by atoms with van der Waals surface area (Å²) >= 11 is 1.38. The van der Waals surface area contributed by atoms with Gasteiger partial charge in [0.2, 0.25) is 5.91 Å². The molecule has 0 saturated carbocycles. The third kappa shape index (κ3) is 3.95. The van der Waals surface area contributed by atoms with Gasteiger partial charge in [0.25, 0.3) is 0 Å². The first-order valence-corrected chi connectivity index (χ1v) is 7.45. The Balaban J connectivity index is 1.89. The van der Waals surface area contributed by atoms with E-state index in [4.69, 9.17) is 10.5 Å². The summed E-state index contributed by atoms with van der Waals surface area (Å²) < 4.78 is 6.19. The molecule has 0 unspecified atom stereocenters. The smallest absolute Gasteiger partial charge is 0.348 e. The van der Waals surface area contributed by atoms with E-state index in [2.05, 4.69) is 0 Å². The lowest BCUT2D eigenvalue weighted by molar-refractivity contribution is -0.128. The zero-order chi connectivity index (χ0) is 15.4. The molecule has 0 aliphatic rings. The minimum Gasteiger partial charge on any atom is -0.461 e. The number of nitrogens with zero attached hydrogens (tertiary/aromatic N) is 1. The zero-order valence-corrected chi connectivity index (χ0v) is 12.9. The highest BCUT2D eigenvalue weighted by molar-refractivity contribution is 7.20. The maximum absolute atomic E-state index is 11.9. The molecular formula is C15H18N2O3S. The summed E-state index contributed by atoms with van der Waals surface area (Å²) in [6, 6.07) is 7.31. The number of thiophene rings is 1. The lowest BCUT2D eigenvalue weighted by Gasteiger charge is -2.09. The van der Waals surface area contributed by atoms with Gasteiger partial charge in [-0.05, 0) is 36.1 Å². The molecule has 2 aromatic rings. The van der Waals surface area contributed by atoms with Gasteiger partial charge >= 0.3 is 5.97 Å². The highest BCUT2D eigenvalue weighted by Gasteiger charge is 2.12. The van der Waals surface area contributed by atoms with Crippen molar-refractivity contribution in [3.05, 3.63) is 29.1 Å². The number of carbonyl (C=O) groups is 2. The highest BCUT2D eigenvalue weighted by atomic mass is 32.1. The Morgan fingerprint density at radius 1 is 1.29 bits per heavy atom. The lowest BCUT2D eigenvalue weighted by atomic mass is 10.2. The van der Waals surface area contributed by atoms with Crippen molar-refractivity contribution < 1.29 is 14.3 Å². The summed E-state index contributed by atoms with van der Waals surface area (Å²) in [7, 11) is 3.41. The van der Waals surface area contributed by atoms with Crippen LogP contribution in [0.1, 0.15) is 22.5 Å². The Bertz CT molecular complexity index is 664. The topological polar surface area (TPSA) is 72.6 Å². The molecule has 1 heterocycles. The Hall–Kier alpha value is -2.08. The molecule has 0 aliphatic heterocycles. The molecule has 0 spiro atoms. The fourth-order valence-corrected chi connectivity index (χ4v) is 2.78. The average Bonchev–Trinajstić information content (AvgIpc) is 2.85. The van der Waals surface area contributed by atoms with Crippen LogP contribution >= 0.6 is 11.3 Å². The molecule has 21 heavy (non-hydrogen) atoms. The lowest BCUT2D eigenvalue weighted by Crippen LogP contribution is -2.21. The van der Waals surface area contributed by atoms with Gasteiger partial charge in [0.05, 0.1) is 6.61 Å². The number of fused-ring (bicyclic) bond motifs is 1. The molecular weight excluding hydrogens is 288 g/mol. The number of hydrogen-bond acceptors (Lipinski definition) is 5. The van der Waals surface area contributed by atoms with Gasteiger partial charge in [-0.1, -0.05) is 0 Å².